The van der Waals surface area contributed by atoms with E-state index in [0.717, 1.165) is 54.8 Å². The fourth-order valence-electron chi connectivity index (χ4n) is 3.34. The number of carbonyl (C=O) groups is 1. The van der Waals surface area contributed by atoms with E-state index < -0.39 is 11.6 Å². The maximum Gasteiger partial charge on any atom is 0.234 e. The van der Waals surface area contributed by atoms with Crippen LogP contribution in [0, 0.1) is 11.6 Å². The third kappa shape index (κ3) is 5.66. The number of nitrogens with one attached hydrogen (secondary N) is 1. The fourth-order valence-corrected chi connectivity index (χ4v) is 4.13. The molecule has 1 N–H and O–H groups in total. The molecule has 4 rings (SSSR count). The Balaban J connectivity index is 1.26. The predicted molar refractivity (Wildman–Crippen MR) is 124 cm³/mol. The number of carbonyl (C=O) groups excluding carboxylic acids is 1. The van der Waals surface area contributed by atoms with Crippen molar-refractivity contribution in [1.29, 1.82) is 0 Å². The Morgan fingerprint density at radius 1 is 0.969 bits per heavy atom. The number of hydrogen-bond acceptors (Lipinski definition) is 6. The van der Waals surface area contributed by atoms with E-state index in [9.17, 15) is 13.6 Å². The summed E-state index contributed by atoms with van der Waals surface area (Å²) in [4.78, 5) is 16.5. The van der Waals surface area contributed by atoms with Crippen LogP contribution in [-0.2, 0) is 4.79 Å². The van der Waals surface area contributed by atoms with Gasteiger partial charge in [-0.15, -0.1) is 10.2 Å². The van der Waals surface area contributed by atoms with Crippen molar-refractivity contribution in [1.82, 2.24) is 10.2 Å². The molecule has 1 aromatic heterocycles. The number of benzene rings is 2. The Morgan fingerprint density at radius 3 is 2.44 bits per heavy atom. The predicted octanol–water partition coefficient (Wildman–Crippen LogP) is 4.47. The van der Waals surface area contributed by atoms with Crippen molar-refractivity contribution in [3.8, 4) is 0 Å². The van der Waals surface area contributed by atoms with Gasteiger partial charge in [0.1, 0.15) is 5.03 Å². The minimum atomic E-state index is -1.01. The second-order valence-corrected chi connectivity index (χ2v) is 8.58. The van der Waals surface area contributed by atoms with Crippen LogP contribution < -0.4 is 15.1 Å². The van der Waals surface area contributed by atoms with Crippen molar-refractivity contribution in [2.45, 2.75) is 5.03 Å². The van der Waals surface area contributed by atoms with Crippen LogP contribution in [0.25, 0.3) is 0 Å². The summed E-state index contributed by atoms with van der Waals surface area (Å²) < 4.78 is 26.2. The van der Waals surface area contributed by atoms with Crippen molar-refractivity contribution in [2.24, 2.45) is 0 Å². The molecule has 2 aromatic carbocycles. The lowest BCUT2D eigenvalue weighted by atomic mass is 10.2. The second kappa shape index (κ2) is 10.1. The highest BCUT2D eigenvalue weighted by atomic mass is 35.5. The number of thioether (sulfide) groups is 1. The van der Waals surface area contributed by atoms with Gasteiger partial charge in [0.2, 0.25) is 5.91 Å². The molecule has 3 aromatic rings. The SMILES string of the molecule is O=C(CSc1ccc(N2CCN(c3cccc(Cl)c3)CC2)nn1)Nc1ccc(F)c(F)c1. The van der Waals surface area contributed by atoms with Gasteiger partial charge in [0.25, 0.3) is 0 Å². The van der Waals surface area contributed by atoms with Crippen LogP contribution in [-0.4, -0.2) is 48.0 Å². The lowest BCUT2D eigenvalue weighted by Gasteiger charge is -2.36. The van der Waals surface area contributed by atoms with Gasteiger partial charge >= 0.3 is 0 Å². The molecule has 1 amide bonds. The average molecular weight is 476 g/mol. The standard InChI is InChI=1S/C22H20ClF2N5OS/c23-15-2-1-3-17(12-15)29-8-10-30(11-9-29)20-6-7-22(28-27-20)32-14-21(31)26-16-4-5-18(24)19(25)13-16/h1-7,12-13H,8-11,14H2,(H,26,31). The number of aromatic nitrogens is 2. The maximum absolute atomic E-state index is 13.2. The summed E-state index contributed by atoms with van der Waals surface area (Å²) >= 11 is 7.31. The van der Waals surface area contributed by atoms with Crippen molar-refractivity contribution >= 4 is 46.5 Å². The number of rotatable bonds is 6. The molecular formula is C22H20ClF2N5OS. The fraction of sp³-hybridized carbons (Fsp3) is 0.227. The van der Waals surface area contributed by atoms with Crippen LogP contribution in [0.3, 0.4) is 0 Å². The molecule has 1 saturated heterocycles. The van der Waals surface area contributed by atoms with Crippen LogP contribution in [0.1, 0.15) is 0 Å². The number of anilines is 3. The first kappa shape index (κ1) is 22.3. The second-order valence-electron chi connectivity index (χ2n) is 7.15. The summed E-state index contributed by atoms with van der Waals surface area (Å²) in [5.74, 6) is -1.45. The first-order valence-corrected chi connectivity index (χ1v) is 11.3. The molecule has 32 heavy (non-hydrogen) atoms. The first-order valence-electron chi connectivity index (χ1n) is 9.95. The van der Waals surface area contributed by atoms with Gasteiger partial charge in [0, 0.05) is 48.6 Å². The molecule has 0 spiro atoms. The zero-order chi connectivity index (χ0) is 22.5. The summed E-state index contributed by atoms with van der Waals surface area (Å²) in [6, 6.07) is 14.8. The summed E-state index contributed by atoms with van der Waals surface area (Å²) in [6.45, 7) is 3.32. The monoisotopic (exact) mass is 475 g/mol. The van der Waals surface area contributed by atoms with Crippen molar-refractivity contribution in [3.63, 3.8) is 0 Å². The molecule has 10 heteroatoms. The van der Waals surface area contributed by atoms with E-state index in [1.165, 1.54) is 17.8 Å². The van der Waals surface area contributed by atoms with E-state index in [4.69, 9.17) is 11.6 Å². The number of piperazine rings is 1. The number of nitrogens with zero attached hydrogens (tertiary/aromatic N) is 4. The molecule has 2 heterocycles. The Kier molecular flexibility index (Phi) is 7.06. The van der Waals surface area contributed by atoms with Crippen molar-refractivity contribution in [2.75, 3.05) is 47.0 Å². The van der Waals surface area contributed by atoms with Crippen molar-refractivity contribution in [3.05, 3.63) is 71.3 Å². The summed E-state index contributed by atoms with van der Waals surface area (Å²) in [5, 5.41) is 12.3. The van der Waals surface area contributed by atoms with Gasteiger partial charge in [0.15, 0.2) is 17.5 Å². The lowest BCUT2D eigenvalue weighted by Crippen LogP contribution is -2.46. The molecule has 0 bridgehead atoms. The van der Waals surface area contributed by atoms with Crippen molar-refractivity contribution < 1.29 is 13.6 Å². The largest absolute Gasteiger partial charge is 0.368 e. The van der Waals surface area contributed by atoms with Gasteiger partial charge in [-0.05, 0) is 42.5 Å². The van der Waals surface area contributed by atoms with Crippen LogP contribution in [0.2, 0.25) is 5.02 Å². The molecule has 0 aliphatic carbocycles. The van der Waals surface area contributed by atoms with E-state index in [1.807, 2.05) is 30.3 Å². The van der Waals surface area contributed by atoms with E-state index in [2.05, 4.69) is 31.4 Å². The summed E-state index contributed by atoms with van der Waals surface area (Å²) in [6.07, 6.45) is 0. The highest BCUT2D eigenvalue weighted by Gasteiger charge is 2.19. The number of amides is 1. The highest BCUT2D eigenvalue weighted by Crippen LogP contribution is 2.23. The van der Waals surface area contributed by atoms with E-state index >= 15 is 0 Å². The van der Waals surface area contributed by atoms with E-state index in [-0.39, 0.29) is 17.3 Å². The Labute approximate surface area is 193 Å². The highest BCUT2D eigenvalue weighted by molar-refractivity contribution is 7.99. The normalized spacial score (nSPS) is 13.8. The van der Waals surface area contributed by atoms with Gasteiger partial charge in [-0.25, -0.2) is 8.78 Å². The van der Waals surface area contributed by atoms with Crippen LogP contribution in [0.15, 0.2) is 59.6 Å². The molecule has 0 saturated carbocycles. The minimum Gasteiger partial charge on any atom is -0.368 e. The van der Waals surface area contributed by atoms with Gasteiger partial charge < -0.3 is 15.1 Å². The molecule has 0 atom stereocenters. The minimum absolute atomic E-state index is 0.0747. The maximum atomic E-state index is 13.2. The Hall–Kier alpha value is -2.91. The Bertz CT molecular complexity index is 1090. The van der Waals surface area contributed by atoms with Gasteiger partial charge in [-0.3, -0.25) is 4.79 Å². The van der Waals surface area contributed by atoms with Gasteiger partial charge in [0.05, 0.1) is 5.75 Å². The zero-order valence-corrected chi connectivity index (χ0v) is 18.5. The molecule has 1 fully saturated rings. The molecule has 1 aliphatic rings. The van der Waals surface area contributed by atoms with Gasteiger partial charge in [-0.2, -0.15) is 0 Å². The first-order chi connectivity index (χ1) is 15.5. The number of halogens is 3. The van der Waals surface area contributed by atoms with Crippen LogP contribution >= 0.6 is 23.4 Å². The summed E-state index contributed by atoms with van der Waals surface area (Å²) in [7, 11) is 0. The lowest BCUT2D eigenvalue weighted by molar-refractivity contribution is -0.113. The third-order valence-electron chi connectivity index (χ3n) is 4.96. The topological polar surface area (TPSA) is 61.4 Å². The smallest absolute Gasteiger partial charge is 0.234 e. The van der Waals surface area contributed by atoms with Gasteiger partial charge in [-0.1, -0.05) is 29.4 Å². The average Bonchev–Trinajstić information content (AvgIpc) is 2.81. The van der Waals surface area contributed by atoms with Crippen LogP contribution in [0.5, 0.6) is 0 Å². The molecule has 1 aliphatic heterocycles. The molecule has 6 nitrogen and oxygen atoms in total. The van der Waals surface area contributed by atoms with E-state index in [0.29, 0.717) is 5.03 Å². The van der Waals surface area contributed by atoms with Crippen LogP contribution in [0.4, 0.5) is 26.0 Å². The molecule has 166 valence electrons. The third-order valence-corrected chi connectivity index (χ3v) is 6.11. The molecule has 0 radical (unpaired) electrons. The Morgan fingerprint density at radius 2 is 1.75 bits per heavy atom. The molecular weight excluding hydrogens is 456 g/mol. The zero-order valence-electron chi connectivity index (χ0n) is 17.0. The quantitative estimate of drug-likeness (QED) is 0.531. The number of hydrogen-bond donors (Lipinski definition) is 1. The molecule has 0 unspecified atom stereocenters. The summed E-state index contributed by atoms with van der Waals surface area (Å²) in [5.41, 5.74) is 1.31. The van der Waals surface area contributed by atoms with E-state index in [1.54, 1.807) is 0 Å².